The topological polar surface area (TPSA) is 32.7 Å². The van der Waals surface area contributed by atoms with Crippen LogP contribution in [0.3, 0.4) is 0 Å². The quantitative estimate of drug-likeness (QED) is 0.864. The lowest BCUT2D eigenvalue weighted by atomic mass is 10.0. The molecule has 0 radical (unpaired) electrons. The van der Waals surface area contributed by atoms with Gasteiger partial charge in [-0.15, -0.1) is 0 Å². The molecule has 3 rings (SSSR count). The van der Waals surface area contributed by atoms with E-state index >= 15 is 0 Å². The molecule has 0 amide bonds. The number of phenolic OH excluding ortho intramolecular Hbond substituents is 1. The summed E-state index contributed by atoms with van der Waals surface area (Å²) in [6.45, 7) is 3.05. The van der Waals surface area contributed by atoms with E-state index in [1.54, 1.807) is 6.07 Å². The number of ether oxygens (including phenoxy) is 1. The normalized spacial score (nSPS) is 16.5. The Labute approximate surface area is 131 Å². The van der Waals surface area contributed by atoms with Crippen molar-refractivity contribution in [2.75, 3.05) is 26.3 Å². The molecule has 1 heterocycles. The Bertz CT molecular complexity index is 667. The van der Waals surface area contributed by atoms with Gasteiger partial charge in [-0.05, 0) is 18.2 Å². The molecule has 112 valence electrons. The fraction of sp³-hybridized carbons (Fsp3) is 0.263. The van der Waals surface area contributed by atoms with E-state index in [1.807, 2.05) is 48.5 Å². The summed E-state index contributed by atoms with van der Waals surface area (Å²) in [5.41, 5.74) is 1.84. The van der Waals surface area contributed by atoms with Crippen molar-refractivity contribution in [3.63, 3.8) is 0 Å². The molecule has 0 saturated carbocycles. The summed E-state index contributed by atoms with van der Waals surface area (Å²) in [5, 5.41) is 10.2. The van der Waals surface area contributed by atoms with E-state index in [4.69, 9.17) is 4.74 Å². The van der Waals surface area contributed by atoms with Crippen LogP contribution in [0.5, 0.6) is 5.75 Å². The minimum Gasteiger partial charge on any atom is -0.508 e. The Balaban J connectivity index is 1.93. The van der Waals surface area contributed by atoms with Gasteiger partial charge < -0.3 is 9.84 Å². The zero-order valence-electron chi connectivity index (χ0n) is 12.4. The van der Waals surface area contributed by atoms with Crippen LogP contribution in [-0.4, -0.2) is 36.3 Å². The van der Waals surface area contributed by atoms with Crippen molar-refractivity contribution < 1.29 is 9.84 Å². The molecular weight excluding hydrogens is 274 g/mol. The molecule has 22 heavy (non-hydrogen) atoms. The molecule has 1 fully saturated rings. The molecular formula is C19H19NO2. The number of morpholine rings is 1. The van der Waals surface area contributed by atoms with Crippen LogP contribution in [0, 0.1) is 11.8 Å². The number of phenols is 1. The third-order valence-electron chi connectivity index (χ3n) is 3.77. The van der Waals surface area contributed by atoms with Gasteiger partial charge in [-0.3, -0.25) is 4.90 Å². The smallest absolute Gasteiger partial charge is 0.121 e. The highest BCUT2D eigenvalue weighted by Crippen LogP contribution is 2.28. The Morgan fingerprint density at radius 1 is 0.955 bits per heavy atom. The molecule has 0 bridgehead atoms. The Morgan fingerprint density at radius 2 is 1.64 bits per heavy atom. The number of benzene rings is 2. The fourth-order valence-electron chi connectivity index (χ4n) is 2.59. The van der Waals surface area contributed by atoms with Gasteiger partial charge in [0.05, 0.1) is 13.2 Å². The summed E-state index contributed by atoms with van der Waals surface area (Å²) < 4.78 is 5.43. The summed E-state index contributed by atoms with van der Waals surface area (Å²) in [6.07, 6.45) is 0. The number of para-hydroxylation sites is 1. The lowest BCUT2D eigenvalue weighted by Crippen LogP contribution is -2.38. The van der Waals surface area contributed by atoms with Crippen molar-refractivity contribution in [1.82, 2.24) is 4.90 Å². The first-order valence-electron chi connectivity index (χ1n) is 7.51. The van der Waals surface area contributed by atoms with Gasteiger partial charge in [0.2, 0.25) is 0 Å². The minimum absolute atomic E-state index is 0.120. The maximum Gasteiger partial charge on any atom is 0.121 e. The molecule has 0 aliphatic carbocycles. The first kappa shape index (κ1) is 14.6. The number of aromatic hydroxyl groups is 1. The standard InChI is InChI=1S/C19H19NO2/c21-19-9-5-4-8-17(19)18(20-12-14-22-15-13-20)11-10-16-6-2-1-3-7-16/h1-9,18,21H,12-15H2. The van der Waals surface area contributed by atoms with Crippen LogP contribution in [-0.2, 0) is 4.74 Å². The van der Waals surface area contributed by atoms with E-state index in [-0.39, 0.29) is 6.04 Å². The average molecular weight is 293 g/mol. The maximum atomic E-state index is 10.2. The predicted octanol–water partition coefficient (Wildman–Crippen LogP) is 2.82. The highest BCUT2D eigenvalue weighted by molar-refractivity contribution is 5.42. The van der Waals surface area contributed by atoms with Gasteiger partial charge in [-0.2, -0.15) is 0 Å². The van der Waals surface area contributed by atoms with Gasteiger partial charge in [0.15, 0.2) is 0 Å². The van der Waals surface area contributed by atoms with Crippen molar-refractivity contribution in [2.45, 2.75) is 6.04 Å². The third-order valence-corrected chi connectivity index (χ3v) is 3.77. The minimum atomic E-state index is -0.120. The average Bonchev–Trinajstić information content (AvgIpc) is 2.58. The van der Waals surface area contributed by atoms with Gasteiger partial charge in [0, 0.05) is 24.2 Å². The number of nitrogens with zero attached hydrogens (tertiary/aromatic N) is 1. The van der Waals surface area contributed by atoms with Crippen molar-refractivity contribution in [3.05, 3.63) is 65.7 Å². The summed E-state index contributed by atoms with van der Waals surface area (Å²) in [7, 11) is 0. The van der Waals surface area contributed by atoms with E-state index in [9.17, 15) is 5.11 Å². The fourth-order valence-corrected chi connectivity index (χ4v) is 2.59. The highest BCUT2D eigenvalue weighted by atomic mass is 16.5. The largest absolute Gasteiger partial charge is 0.508 e. The van der Waals surface area contributed by atoms with E-state index in [0.717, 1.165) is 24.2 Å². The van der Waals surface area contributed by atoms with Gasteiger partial charge >= 0.3 is 0 Å². The lowest BCUT2D eigenvalue weighted by Gasteiger charge is -2.32. The summed E-state index contributed by atoms with van der Waals surface area (Å²) in [5.74, 6) is 6.84. The molecule has 3 nitrogen and oxygen atoms in total. The first-order chi connectivity index (χ1) is 10.8. The number of rotatable bonds is 2. The first-order valence-corrected chi connectivity index (χ1v) is 7.51. The maximum absolute atomic E-state index is 10.2. The highest BCUT2D eigenvalue weighted by Gasteiger charge is 2.22. The van der Waals surface area contributed by atoms with Gasteiger partial charge in [-0.1, -0.05) is 48.2 Å². The molecule has 2 aromatic carbocycles. The van der Waals surface area contributed by atoms with Crippen molar-refractivity contribution in [2.24, 2.45) is 0 Å². The van der Waals surface area contributed by atoms with Crippen LogP contribution in [0.4, 0.5) is 0 Å². The molecule has 0 aromatic heterocycles. The Morgan fingerprint density at radius 3 is 2.36 bits per heavy atom. The molecule has 1 atom stereocenters. The molecule has 1 N–H and O–H groups in total. The van der Waals surface area contributed by atoms with Gasteiger partial charge in [0.1, 0.15) is 11.8 Å². The predicted molar refractivity (Wildman–Crippen MR) is 86.6 cm³/mol. The van der Waals surface area contributed by atoms with Crippen LogP contribution in [0.1, 0.15) is 17.2 Å². The van der Waals surface area contributed by atoms with Crippen LogP contribution < -0.4 is 0 Å². The van der Waals surface area contributed by atoms with Crippen LogP contribution in [0.15, 0.2) is 54.6 Å². The summed E-state index contributed by atoms with van der Waals surface area (Å²) >= 11 is 0. The Hall–Kier alpha value is -2.28. The molecule has 1 saturated heterocycles. The lowest BCUT2D eigenvalue weighted by molar-refractivity contribution is 0.0266. The second kappa shape index (κ2) is 7.13. The van der Waals surface area contributed by atoms with Crippen LogP contribution in [0.25, 0.3) is 0 Å². The van der Waals surface area contributed by atoms with E-state index < -0.39 is 0 Å². The van der Waals surface area contributed by atoms with Crippen LogP contribution >= 0.6 is 0 Å². The summed E-state index contributed by atoms with van der Waals surface area (Å²) in [4.78, 5) is 2.26. The Kier molecular flexibility index (Phi) is 4.75. The van der Waals surface area contributed by atoms with Crippen molar-refractivity contribution >= 4 is 0 Å². The molecule has 1 unspecified atom stereocenters. The van der Waals surface area contributed by atoms with E-state index in [2.05, 4.69) is 16.7 Å². The zero-order valence-corrected chi connectivity index (χ0v) is 12.4. The number of hydrogen-bond acceptors (Lipinski definition) is 3. The van der Waals surface area contributed by atoms with E-state index in [0.29, 0.717) is 19.0 Å². The molecule has 0 spiro atoms. The van der Waals surface area contributed by atoms with Gasteiger partial charge in [0.25, 0.3) is 0 Å². The SMILES string of the molecule is Oc1ccccc1C(C#Cc1ccccc1)N1CCOCC1. The van der Waals surface area contributed by atoms with Crippen LogP contribution in [0.2, 0.25) is 0 Å². The second-order valence-corrected chi connectivity index (χ2v) is 5.25. The monoisotopic (exact) mass is 293 g/mol. The third kappa shape index (κ3) is 3.48. The van der Waals surface area contributed by atoms with Crippen molar-refractivity contribution in [1.29, 1.82) is 0 Å². The van der Waals surface area contributed by atoms with E-state index in [1.165, 1.54) is 0 Å². The zero-order chi connectivity index (χ0) is 15.2. The number of hydrogen-bond donors (Lipinski definition) is 1. The molecule has 2 aromatic rings. The van der Waals surface area contributed by atoms with Crippen molar-refractivity contribution in [3.8, 4) is 17.6 Å². The molecule has 1 aliphatic rings. The molecule has 3 heteroatoms. The summed E-state index contributed by atoms with van der Waals surface area (Å²) in [6, 6.07) is 17.2. The molecule has 1 aliphatic heterocycles. The second-order valence-electron chi connectivity index (χ2n) is 5.25. The van der Waals surface area contributed by atoms with Gasteiger partial charge in [-0.25, -0.2) is 0 Å².